The fourth-order valence-corrected chi connectivity index (χ4v) is 1.35. The Hall–Kier alpha value is -1.11. The van der Waals surface area contributed by atoms with Gasteiger partial charge in [-0.05, 0) is 12.1 Å². The zero-order chi connectivity index (χ0) is 13.2. The number of pyridine rings is 1. The van der Waals surface area contributed by atoms with E-state index in [1.807, 2.05) is 0 Å². The highest BCUT2D eigenvalue weighted by Gasteiger charge is 2.32. The summed E-state index contributed by atoms with van der Waals surface area (Å²) in [7, 11) is 1.21. The maximum Gasteiger partial charge on any atom is 0.416 e. The summed E-state index contributed by atoms with van der Waals surface area (Å²) in [5, 5.41) is -0.393. The van der Waals surface area contributed by atoms with Crippen molar-refractivity contribution in [2.45, 2.75) is 12.6 Å². The van der Waals surface area contributed by atoms with Crippen LogP contribution in [-0.2, 0) is 6.18 Å². The van der Waals surface area contributed by atoms with Crippen LogP contribution in [0.3, 0.4) is 0 Å². The number of hydrogen-bond acceptors (Lipinski definition) is 2. The van der Waals surface area contributed by atoms with Gasteiger partial charge in [-0.2, -0.15) is 13.2 Å². The van der Waals surface area contributed by atoms with Gasteiger partial charge in [0, 0.05) is 7.05 Å². The lowest BCUT2D eigenvalue weighted by Gasteiger charge is -2.19. The standard InChI is InChI=1S/C9H8ClF5N2/c1-17(4-7(11)12)8-3-5(9(13,14)15)2-6(10)16-8/h2-3,7H,4H2,1H3. The molecule has 1 heterocycles. The van der Waals surface area contributed by atoms with Gasteiger partial charge >= 0.3 is 6.18 Å². The van der Waals surface area contributed by atoms with Gasteiger partial charge in [0.1, 0.15) is 11.0 Å². The largest absolute Gasteiger partial charge is 0.416 e. The van der Waals surface area contributed by atoms with Crippen LogP contribution in [0.1, 0.15) is 5.56 Å². The van der Waals surface area contributed by atoms with Crippen LogP contribution in [0.5, 0.6) is 0 Å². The van der Waals surface area contributed by atoms with Crippen LogP contribution in [0.15, 0.2) is 12.1 Å². The summed E-state index contributed by atoms with van der Waals surface area (Å²) >= 11 is 5.41. The van der Waals surface area contributed by atoms with E-state index in [2.05, 4.69) is 4.98 Å². The molecule has 0 saturated carbocycles. The topological polar surface area (TPSA) is 16.1 Å². The first-order valence-electron chi connectivity index (χ1n) is 4.44. The minimum Gasteiger partial charge on any atom is -0.354 e. The molecule has 0 aliphatic rings. The smallest absolute Gasteiger partial charge is 0.354 e. The summed E-state index contributed by atoms with van der Waals surface area (Å²) in [6, 6.07) is 1.32. The minimum absolute atomic E-state index is 0.245. The molecule has 0 saturated heterocycles. The van der Waals surface area contributed by atoms with Gasteiger partial charge in [-0.3, -0.25) is 0 Å². The summed E-state index contributed by atoms with van der Waals surface area (Å²) in [5.41, 5.74) is -1.02. The summed E-state index contributed by atoms with van der Waals surface area (Å²) in [4.78, 5) is 4.47. The van der Waals surface area contributed by atoms with Crippen molar-refractivity contribution in [2.75, 3.05) is 18.5 Å². The zero-order valence-electron chi connectivity index (χ0n) is 8.60. The minimum atomic E-state index is -4.59. The van der Waals surface area contributed by atoms with E-state index in [1.54, 1.807) is 0 Å². The molecule has 0 fully saturated rings. The average Bonchev–Trinajstić information content (AvgIpc) is 2.14. The lowest BCUT2D eigenvalue weighted by atomic mass is 10.2. The van der Waals surface area contributed by atoms with Gasteiger partial charge in [-0.15, -0.1) is 0 Å². The van der Waals surface area contributed by atoms with Crippen molar-refractivity contribution in [3.05, 3.63) is 22.8 Å². The van der Waals surface area contributed by atoms with Gasteiger partial charge in [0.05, 0.1) is 12.1 Å². The number of rotatable bonds is 3. The van der Waals surface area contributed by atoms with E-state index in [1.165, 1.54) is 7.05 Å². The van der Waals surface area contributed by atoms with E-state index >= 15 is 0 Å². The highest BCUT2D eigenvalue weighted by molar-refractivity contribution is 6.29. The molecular weight excluding hydrogens is 267 g/mol. The van der Waals surface area contributed by atoms with Crippen LogP contribution in [0.2, 0.25) is 5.15 Å². The Morgan fingerprint density at radius 3 is 2.41 bits per heavy atom. The molecule has 2 nitrogen and oxygen atoms in total. The molecule has 8 heteroatoms. The lowest BCUT2D eigenvalue weighted by Crippen LogP contribution is -2.25. The van der Waals surface area contributed by atoms with Crippen LogP contribution >= 0.6 is 11.6 Å². The molecule has 0 amide bonds. The quantitative estimate of drug-likeness (QED) is 0.620. The van der Waals surface area contributed by atoms with Gasteiger partial charge in [0.25, 0.3) is 6.43 Å². The summed E-state index contributed by atoms with van der Waals surface area (Å²) in [6.45, 7) is -0.718. The maximum atomic E-state index is 12.4. The number of hydrogen-bond donors (Lipinski definition) is 0. The third-order valence-corrected chi connectivity index (χ3v) is 2.10. The first kappa shape index (κ1) is 14.0. The van der Waals surface area contributed by atoms with E-state index in [4.69, 9.17) is 11.6 Å². The molecule has 1 rings (SSSR count). The van der Waals surface area contributed by atoms with Crippen molar-refractivity contribution in [1.82, 2.24) is 4.98 Å². The predicted octanol–water partition coefficient (Wildman–Crippen LogP) is 3.46. The van der Waals surface area contributed by atoms with E-state index < -0.39 is 29.9 Å². The highest BCUT2D eigenvalue weighted by Crippen LogP contribution is 2.32. The Morgan fingerprint density at radius 1 is 1.35 bits per heavy atom. The molecule has 0 radical (unpaired) electrons. The monoisotopic (exact) mass is 274 g/mol. The number of alkyl halides is 5. The molecule has 0 aliphatic heterocycles. The van der Waals surface area contributed by atoms with Gasteiger partial charge in [0.2, 0.25) is 0 Å². The van der Waals surface area contributed by atoms with Crippen molar-refractivity contribution in [3.8, 4) is 0 Å². The predicted molar refractivity (Wildman–Crippen MR) is 53.5 cm³/mol. The van der Waals surface area contributed by atoms with Gasteiger partial charge < -0.3 is 4.90 Å². The molecule has 17 heavy (non-hydrogen) atoms. The molecule has 1 aromatic rings. The molecule has 0 N–H and O–H groups in total. The molecule has 0 aliphatic carbocycles. The van der Waals surface area contributed by atoms with Crippen molar-refractivity contribution < 1.29 is 22.0 Å². The summed E-state index contributed by atoms with van der Waals surface area (Å²) in [6.07, 6.45) is -7.26. The third kappa shape index (κ3) is 3.99. The second-order valence-corrected chi connectivity index (χ2v) is 3.69. The fourth-order valence-electron chi connectivity index (χ4n) is 1.14. The molecule has 96 valence electrons. The Balaban J connectivity index is 3.05. The summed E-state index contributed by atoms with van der Waals surface area (Å²) < 4.78 is 61.4. The zero-order valence-corrected chi connectivity index (χ0v) is 9.36. The number of nitrogens with zero attached hydrogens (tertiary/aromatic N) is 2. The SMILES string of the molecule is CN(CC(F)F)c1cc(C(F)(F)F)cc(Cl)n1. The van der Waals surface area contributed by atoms with Crippen LogP contribution in [-0.4, -0.2) is 25.0 Å². The van der Waals surface area contributed by atoms with Crippen molar-refractivity contribution in [3.63, 3.8) is 0 Å². The first-order valence-corrected chi connectivity index (χ1v) is 4.82. The molecular formula is C9H8ClF5N2. The molecule has 0 bridgehead atoms. The average molecular weight is 275 g/mol. The molecule has 1 aromatic heterocycles. The third-order valence-electron chi connectivity index (χ3n) is 1.91. The van der Waals surface area contributed by atoms with E-state index in [-0.39, 0.29) is 5.82 Å². The second kappa shape index (κ2) is 5.03. The van der Waals surface area contributed by atoms with E-state index in [0.717, 1.165) is 4.90 Å². The second-order valence-electron chi connectivity index (χ2n) is 3.31. The van der Waals surface area contributed by atoms with Gasteiger partial charge in [-0.1, -0.05) is 11.6 Å². The molecule has 0 spiro atoms. The first-order chi connectivity index (χ1) is 7.70. The van der Waals surface area contributed by atoms with Gasteiger partial charge in [0.15, 0.2) is 0 Å². The van der Waals surface area contributed by atoms with Crippen molar-refractivity contribution >= 4 is 17.4 Å². The van der Waals surface area contributed by atoms with E-state index in [9.17, 15) is 22.0 Å². The van der Waals surface area contributed by atoms with Crippen LogP contribution in [0.25, 0.3) is 0 Å². The van der Waals surface area contributed by atoms with Gasteiger partial charge in [-0.25, -0.2) is 13.8 Å². The Bertz CT molecular complexity index is 393. The Labute approximate surface area is 99.0 Å². The number of anilines is 1. The molecule has 0 aromatic carbocycles. The molecule has 0 unspecified atom stereocenters. The number of halogens is 6. The highest BCUT2D eigenvalue weighted by atomic mass is 35.5. The maximum absolute atomic E-state index is 12.4. The Morgan fingerprint density at radius 2 is 1.94 bits per heavy atom. The lowest BCUT2D eigenvalue weighted by molar-refractivity contribution is -0.137. The Kier molecular flexibility index (Phi) is 4.13. The fraction of sp³-hybridized carbons (Fsp3) is 0.444. The number of aromatic nitrogens is 1. The van der Waals surface area contributed by atoms with Crippen molar-refractivity contribution in [2.24, 2.45) is 0 Å². The van der Waals surface area contributed by atoms with Crippen LogP contribution in [0, 0.1) is 0 Å². The normalized spacial score (nSPS) is 12.0. The van der Waals surface area contributed by atoms with Crippen molar-refractivity contribution in [1.29, 1.82) is 0 Å². The van der Waals surface area contributed by atoms with Crippen LogP contribution < -0.4 is 4.90 Å². The molecule has 0 atom stereocenters. The summed E-state index contributed by atoms with van der Waals surface area (Å²) in [5.74, 6) is -0.245. The van der Waals surface area contributed by atoms with Crippen LogP contribution in [0.4, 0.5) is 27.8 Å². The van der Waals surface area contributed by atoms with E-state index in [0.29, 0.717) is 12.1 Å².